The van der Waals surface area contributed by atoms with Crippen molar-refractivity contribution in [1.29, 1.82) is 0 Å². The summed E-state index contributed by atoms with van der Waals surface area (Å²) in [6.45, 7) is 13.9. The van der Waals surface area contributed by atoms with Crippen LogP contribution in [0.4, 0.5) is 0 Å². The zero-order valence-electron chi connectivity index (χ0n) is 20.1. The van der Waals surface area contributed by atoms with Crippen molar-refractivity contribution in [3.8, 4) is 0 Å². The molecular formula is C27H35N3Si2. The van der Waals surface area contributed by atoms with Crippen LogP contribution in [0.15, 0.2) is 78.9 Å². The molecule has 0 saturated carbocycles. The first-order chi connectivity index (χ1) is 15.1. The van der Waals surface area contributed by atoms with Crippen LogP contribution < -0.4 is 9.96 Å². The van der Waals surface area contributed by atoms with Gasteiger partial charge in [0.05, 0.1) is 11.4 Å². The largest absolute Gasteiger partial charge is 0.410 e. The van der Waals surface area contributed by atoms with E-state index in [0.717, 1.165) is 22.8 Å². The third-order valence-electron chi connectivity index (χ3n) is 4.57. The highest BCUT2D eigenvalue weighted by Gasteiger charge is 2.17. The molecule has 0 aliphatic carbocycles. The molecule has 0 aliphatic heterocycles. The second-order valence-corrected chi connectivity index (χ2v) is 19.6. The van der Waals surface area contributed by atoms with Crippen molar-refractivity contribution >= 4 is 40.0 Å². The molecule has 3 aromatic rings. The van der Waals surface area contributed by atoms with Gasteiger partial charge in [0.25, 0.3) is 0 Å². The van der Waals surface area contributed by atoms with E-state index in [9.17, 15) is 0 Å². The van der Waals surface area contributed by atoms with Crippen LogP contribution in [0.5, 0.6) is 0 Å². The van der Waals surface area contributed by atoms with E-state index in [1.807, 2.05) is 0 Å². The van der Waals surface area contributed by atoms with Crippen molar-refractivity contribution in [3.05, 3.63) is 101 Å². The zero-order chi connectivity index (χ0) is 23.2. The molecule has 0 saturated heterocycles. The van der Waals surface area contributed by atoms with E-state index >= 15 is 0 Å². The van der Waals surface area contributed by atoms with E-state index < -0.39 is 16.5 Å². The molecule has 5 heteroatoms. The van der Waals surface area contributed by atoms with Crippen molar-refractivity contribution in [2.75, 3.05) is 0 Å². The predicted molar refractivity (Wildman–Crippen MR) is 146 cm³/mol. The lowest BCUT2D eigenvalue weighted by Crippen LogP contribution is -2.39. The number of nitrogens with zero attached hydrogens (tertiary/aromatic N) is 1. The van der Waals surface area contributed by atoms with Crippen molar-refractivity contribution < 1.29 is 0 Å². The first-order valence-electron chi connectivity index (χ1n) is 11.2. The minimum Gasteiger partial charge on any atom is -0.410 e. The molecule has 2 N–H and O–H groups in total. The third kappa shape index (κ3) is 7.66. The lowest BCUT2D eigenvalue weighted by atomic mass is 10.1. The van der Waals surface area contributed by atoms with Gasteiger partial charge < -0.3 is 9.96 Å². The lowest BCUT2D eigenvalue weighted by molar-refractivity contribution is 1.23. The summed E-state index contributed by atoms with van der Waals surface area (Å²) in [6.07, 6.45) is 4.33. The summed E-state index contributed by atoms with van der Waals surface area (Å²) in [5.41, 5.74) is 6.52. The summed E-state index contributed by atoms with van der Waals surface area (Å²) in [6, 6.07) is 27.2. The molecule has 32 heavy (non-hydrogen) atoms. The number of aromatic nitrogens is 1. The number of rotatable bonds is 8. The number of nitrogens with one attached hydrogen (secondary N) is 2. The second-order valence-electron chi connectivity index (χ2n) is 10.1. The van der Waals surface area contributed by atoms with Gasteiger partial charge in [-0.3, -0.25) is 0 Å². The average Bonchev–Trinajstić information content (AvgIpc) is 2.72. The van der Waals surface area contributed by atoms with Gasteiger partial charge in [-0.05, 0) is 35.4 Å². The number of hydrogen-bond donors (Lipinski definition) is 2. The van der Waals surface area contributed by atoms with E-state index in [-0.39, 0.29) is 0 Å². The van der Waals surface area contributed by atoms with Gasteiger partial charge in [-0.25, -0.2) is 4.98 Å². The Hall–Kier alpha value is -2.90. The van der Waals surface area contributed by atoms with Crippen LogP contribution in [-0.2, 0) is 0 Å². The van der Waals surface area contributed by atoms with E-state index in [4.69, 9.17) is 4.98 Å². The van der Waals surface area contributed by atoms with Crippen molar-refractivity contribution in [2.45, 2.75) is 39.3 Å². The Bertz CT molecular complexity index is 992. The topological polar surface area (TPSA) is 37.0 Å². The summed E-state index contributed by atoms with van der Waals surface area (Å²) in [4.78, 5) is 12.5. The van der Waals surface area contributed by atoms with E-state index in [1.54, 1.807) is 0 Å². The molecule has 1 heterocycles. The highest BCUT2D eigenvalue weighted by molar-refractivity contribution is 6.75. The molecule has 0 fully saturated rings. The Balaban J connectivity index is 2.01. The average molecular weight is 458 g/mol. The Morgan fingerprint density at radius 1 is 0.562 bits per heavy atom. The van der Waals surface area contributed by atoms with Gasteiger partial charge in [0, 0.05) is 11.4 Å². The van der Waals surface area contributed by atoms with Gasteiger partial charge >= 0.3 is 0 Å². The van der Waals surface area contributed by atoms with Gasteiger partial charge in [0.15, 0.2) is 0 Å². The van der Waals surface area contributed by atoms with Crippen LogP contribution in [0.3, 0.4) is 0 Å². The van der Waals surface area contributed by atoms with Gasteiger partial charge in [-0.1, -0.05) is 106 Å². The normalized spacial score (nSPS) is 13.1. The smallest absolute Gasteiger partial charge is 0.144 e. The minimum atomic E-state index is -1.53. The second kappa shape index (κ2) is 10.1. The van der Waals surface area contributed by atoms with E-state index in [1.165, 1.54) is 11.1 Å². The number of benzene rings is 2. The molecule has 1 aromatic heterocycles. The molecule has 2 aromatic carbocycles. The standard InChI is InChI=1S/C27H35N3Si2/c1-31(2,3)29-26(22-14-9-7-10-15-22)20-24-18-13-19-25(28-24)21-27(30-32(4,5)6)23-16-11-8-12-17-23/h7-21,29-30H,1-6H3/b26-20-,27-21+. The first kappa shape index (κ1) is 23.8. The fourth-order valence-electron chi connectivity index (χ4n) is 3.35. The predicted octanol–water partition coefficient (Wildman–Crippen LogP) is 6.93. The molecule has 0 radical (unpaired) electrons. The summed E-state index contributed by atoms with van der Waals surface area (Å²) in [5.74, 6) is 0. The van der Waals surface area contributed by atoms with Crippen LogP contribution in [0.25, 0.3) is 23.5 Å². The molecule has 3 nitrogen and oxygen atoms in total. The summed E-state index contributed by atoms with van der Waals surface area (Å²) < 4.78 is 0. The monoisotopic (exact) mass is 457 g/mol. The highest BCUT2D eigenvalue weighted by Crippen LogP contribution is 2.20. The van der Waals surface area contributed by atoms with E-state index in [0.29, 0.717) is 0 Å². The fraction of sp³-hybridized carbons (Fsp3) is 0.222. The van der Waals surface area contributed by atoms with E-state index in [2.05, 4.69) is 140 Å². The van der Waals surface area contributed by atoms with Crippen LogP contribution in [0.2, 0.25) is 39.3 Å². The molecular weight excluding hydrogens is 422 g/mol. The summed E-state index contributed by atoms with van der Waals surface area (Å²) in [5, 5.41) is 0. The molecule has 0 bridgehead atoms. The summed E-state index contributed by atoms with van der Waals surface area (Å²) >= 11 is 0. The maximum Gasteiger partial charge on any atom is 0.144 e. The molecule has 3 rings (SSSR count). The number of pyridine rings is 1. The maximum absolute atomic E-state index is 4.96. The first-order valence-corrected chi connectivity index (χ1v) is 18.2. The number of hydrogen-bond acceptors (Lipinski definition) is 3. The molecule has 0 amide bonds. The van der Waals surface area contributed by atoms with Crippen molar-refractivity contribution in [2.24, 2.45) is 0 Å². The molecule has 0 spiro atoms. The van der Waals surface area contributed by atoms with Crippen LogP contribution in [0.1, 0.15) is 22.5 Å². The Labute approximate surface area is 195 Å². The molecule has 0 aliphatic rings. The molecule has 0 unspecified atom stereocenters. The summed E-state index contributed by atoms with van der Waals surface area (Å²) in [7, 11) is -3.06. The quantitative estimate of drug-likeness (QED) is 0.360. The van der Waals surface area contributed by atoms with Crippen LogP contribution in [0, 0.1) is 0 Å². The lowest BCUT2D eigenvalue weighted by Gasteiger charge is -2.23. The van der Waals surface area contributed by atoms with Crippen LogP contribution in [-0.4, -0.2) is 21.5 Å². The Morgan fingerprint density at radius 2 is 0.938 bits per heavy atom. The maximum atomic E-state index is 4.96. The van der Waals surface area contributed by atoms with Gasteiger partial charge in [0.1, 0.15) is 16.5 Å². The molecule has 166 valence electrons. The zero-order valence-corrected chi connectivity index (χ0v) is 22.1. The van der Waals surface area contributed by atoms with Crippen LogP contribution >= 0.6 is 0 Å². The van der Waals surface area contributed by atoms with Gasteiger partial charge in [0.2, 0.25) is 0 Å². The fourth-order valence-corrected chi connectivity index (χ4v) is 5.40. The SMILES string of the molecule is C[Si](C)(C)N/C(=C\c1cccc(/C=C(/N[Si](C)(C)C)c2ccccc2)n1)c1ccccc1. The third-order valence-corrected chi connectivity index (χ3v) is 6.60. The Morgan fingerprint density at radius 3 is 1.28 bits per heavy atom. The van der Waals surface area contributed by atoms with Crippen molar-refractivity contribution in [1.82, 2.24) is 14.9 Å². The molecule has 0 atom stereocenters. The highest BCUT2D eigenvalue weighted by atomic mass is 28.3. The minimum absolute atomic E-state index is 0.948. The Kier molecular flexibility index (Phi) is 7.54. The van der Waals surface area contributed by atoms with Gasteiger partial charge in [-0.2, -0.15) is 0 Å². The van der Waals surface area contributed by atoms with Crippen molar-refractivity contribution in [3.63, 3.8) is 0 Å². The van der Waals surface area contributed by atoms with Gasteiger partial charge in [-0.15, -0.1) is 0 Å².